The molecule has 148 valence electrons. The van der Waals surface area contributed by atoms with Gasteiger partial charge in [-0.05, 0) is 43.9 Å². The van der Waals surface area contributed by atoms with Gasteiger partial charge in [0.15, 0.2) is 0 Å². The van der Waals surface area contributed by atoms with Gasteiger partial charge in [-0.15, -0.1) is 0 Å². The summed E-state index contributed by atoms with van der Waals surface area (Å²) in [5, 5.41) is 20.4. The van der Waals surface area contributed by atoms with Crippen LogP contribution in [0.5, 0.6) is 5.75 Å². The first-order valence-electron chi connectivity index (χ1n) is 9.58. The van der Waals surface area contributed by atoms with E-state index >= 15 is 0 Å². The molecule has 0 amide bonds. The summed E-state index contributed by atoms with van der Waals surface area (Å²) in [7, 11) is 0. The number of rotatable bonds is 2. The number of nitrogens with zero attached hydrogens (tertiary/aromatic N) is 2. The number of hydrogen-bond acceptors (Lipinski definition) is 6. The Balaban J connectivity index is 1.71. The van der Waals surface area contributed by atoms with Crippen molar-refractivity contribution in [1.82, 2.24) is 13.9 Å². The molecule has 8 heteroatoms. The standard InChI is InChI=1S/C21H19N3O4S/c25-12-9-7-11(8-10-12)24-21(28)14-4-1-3-13(19(14)29-24)17-20(27)22-15-5-2-6-16(26)18(15)23-17/h1-6,11-12,25-26H,7-10H2,(H,22,27). The lowest BCUT2D eigenvalue weighted by Gasteiger charge is -2.25. The Morgan fingerprint density at radius 3 is 2.62 bits per heavy atom. The maximum Gasteiger partial charge on any atom is 0.275 e. The summed E-state index contributed by atoms with van der Waals surface area (Å²) in [4.78, 5) is 32.9. The molecule has 29 heavy (non-hydrogen) atoms. The second-order valence-corrected chi connectivity index (χ2v) is 8.44. The van der Waals surface area contributed by atoms with E-state index in [1.807, 2.05) is 0 Å². The molecule has 2 aromatic heterocycles. The van der Waals surface area contributed by atoms with Crippen molar-refractivity contribution in [2.24, 2.45) is 0 Å². The summed E-state index contributed by atoms with van der Waals surface area (Å²) in [5.41, 5.74) is 1.07. The van der Waals surface area contributed by atoms with Gasteiger partial charge < -0.3 is 15.2 Å². The van der Waals surface area contributed by atoms with Crippen molar-refractivity contribution >= 4 is 32.7 Å². The number of nitrogens with one attached hydrogen (secondary N) is 1. The molecule has 0 spiro atoms. The zero-order valence-electron chi connectivity index (χ0n) is 15.5. The van der Waals surface area contributed by atoms with Gasteiger partial charge in [-0.25, -0.2) is 4.98 Å². The Kier molecular flexibility index (Phi) is 4.25. The molecule has 0 unspecified atom stereocenters. The van der Waals surface area contributed by atoms with Crippen LogP contribution in [0.2, 0.25) is 0 Å². The lowest BCUT2D eigenvalue weighted by molar-refractivity contribution is 0.112. The first kappa shape index (κ1) is 18.1. The molecule has 5 rings (SSSR count). The molecule has 1 saturated carbocycles. The Labute approximate surface area is 169 Å². The van der Waals surface area contributed by atoms with Crippen LogP contribution >= 0.6 is 11.5 Å². The number of phenolic OH excluding ortho intramolecular Hbond substituents is 1. The fraction of sp³-hybridized carbons (Fsp3) is 0.286. The van der Waals surface area contributed by atoms with E-state index < -0.39 is 0 Å². The molecule has 2 aromatic carbocycles. The Morgan fingerprint density at radius 1 is 1.07 bits per heavy atom. The number of H-pyrrole nitrogens is 1. The van der Waals surface area contributed by atoms with Crippen molar-refractivity contribution in [2.45, 2.75) is 37.8 Å². The van der Waals surface area contributed by atoms with Crippen LogP contribution in [0.4, 0.5) is 0 Å². The van der Waals surface area contributed by atoms with Crippen LogP contribution in [-0.2, 0) is 0 Å². The second kappa shape index (κ2) is 6.82. The van der Waals surface area contributed by atoms with Crippen molar-refractivity contribution in [3.63, 3.8) is 0 Å². The Bertz CT molecular complexity index is 1350. The maximum absolute atomic E-state index is 13.0. The van der Waals surface area contributed by atoms with Gasteiger partial charge in [-0.1, -0.05) is 29.7 Å². The SMILES string of the molecule is O=c1[nH]c2cccc(O)c2nc1-c1cccc2c(=O)n(C3CCC(O)CC3)sc12. The van der Waals surface area contributed by atoms with E-state index in [4.69, 9.17) is 0 Å². The van der Waals surface area contributed by atoms with Gasteiger partial charge in [0.05, 0.1) is 21.7 Å². The number of aromatic hydroxyl groups is 1. The van der Waals surface area contributed by atoms with Gasteiger partial charge in [-0.2, -0.15) is 0 Å². The number of para-hydroxylation sites is 1. The summed E-state index contributed by atoms with van der Waals surface area (Å²) in [6, 6.07) is 10.2. The highest BCUT2D eigenvalue weighted by Gasteiger charge is 2.25. The molecule has 0 saturated heterocycles. The summed E-state index contributed by atoms with van der Waals surface area (Å²) < 4.78 is 2.48. The van der Waals surface area contributed by atoms with Gasteiger partial charge in [0.1, 0.15) is 17.0 Å². The van der Waals surface area contributed by atoms with Crippen LogP contribution < -0.4 is 11.1 Å². The van der Waals surface area contributed by atoms with Crippen LogP contribution in [0.15, 0.2) is 46.0 Å². The molecule has 0 aliphatic heterocycles. The largest absolute Gasteiger partial charge is 0.506 e. The average Bonchev–Trinajstić information content (AvgIpc) is 3.05. The summed E-state index contributed by atoms with van der Waals surface area (Å²) >= 11 is 1.34. The second-order valence-electron chi connectivity index (χ2n) is 7.45. The van der Waals surface area contributed by atoms with E-state index in [1.54, 1.807) is 34.3 Å². The Morgan fingerprint density at radius 2 is 1.83 bits per heavy atom. The first-order chi connectivity index (χ1) is 14.0. The average molecular weight is 409 g/mol. The van der Waals surface area contributed by atoms with E-state index in [0.29, 0.717) is 39.5 Å². The number of aliphatic hydroxyl groups is 1. The number of aromatic nitrogens is 3. The van der Waals surface area contributed by atoms with Crippen LogP contribution in [0.25, 0.3) is 32.4 Å². The molecule has 2 heterocycles. The molecule has 7 nitrogen and oxygen atoms in total. The van der Waals surface area contributed by atoms with E-state index in [9.17, 15) is 19.8 Å². The van der Waals surface area contributed by atoms with E-state index in [1.165, 1.54) is 17.6 Å². The molecule has 0 bridgehead atoms. The van der Waals surface area contributed by atoms with Crippen molar-refractivity contribution in [2.75, 3.05) is 0 Å². The highest BCUT2D eigenvalue weighted by atomic mass is 32.1. The summed E-state index contributed by atoms with van der Waals surface area (Å²) in [6.45, 7) is 0. The molecule has 1 aliphatic rings. The minimum absolute atomic E-state index is 0.0151. The number of fused-ring (bicyclic) bond motifs is 2. The highest BCUT2D eigenvalue weighted by Crippen LogP contribution is 2.34. The van der Waals surface area contributed by atoms with Gasteiger partial charge in [0.25, 0.3) is 11.1 Å². The minimum atomic E-state index is -0.371. The predicted molar refractivity (Wildman–Crippen MR) is 113 cm³/mol. The van der Waals surface area contributed by atoms with Crippen molar-refractivity contribution < 1.29 is 10.2 Å². The summed E-state index contributed by atoms with van der Waals surface area (Å²) in [6.07, 6.45) is 2.59. The quantitative estimate of drug-likeness (QED) is 0.471. The number of aromatic amines is 1. The molecule has 4 aromatic rings. The molecular formula is C21H19N3O4S. The Hall–Kier alpha value is -2.97. The predicted octanol–water partition coefficient (Wildman–Crippen LogP) is 3.15. The van der Waals surface area contributed by atoms with Crippen molar-refractivity contribution in [1.29, 1.82) is 0 Å². The van der Waals surface area contributed by atoms with Crippen molar-refractivity contribution in [3.8, 4) is 17.0 Å². The summed E-state index contributed by atoms with van der Waals surface area (Å²) in [5.74, 6) is -0.0151. The normalized spacial score (nSPS) is 19.8. The maximum atomic E-state index is 13.0. The van der Waals surface area contributed by atoms with E-state index in [2.05, 4.69) is 9.97 Å². The smallest absolute Gasteiger partial charge is 0.275 e. The van der Waals surface area contributed by atoms with Gasteiger partial charge in [-0.3, -0.25) is 13.5 Å². The number of benzene rings is 2. The van der Waals surface area contributed by atoms with Crippen LogP contribution in [0.3, 0.4) is 0 Å². The molecule has 1 aliphatic carbocycles. The van der Waals surface area contributed by atoms with Gasteiger partial charge in [0.2, 0.25) is 0 Å². The van der Waals surface area contributed by atoms with E-state index in [0.717, 1.165) is 12.8 Å². The molecule has 0 radical (unpaired) electrons. The number of hydrogen-bond donors (Lipinski definition) is 3. The van der Waals surface area contributed by atoms with E-state index in [-0.39, 0.29) is 34.7 Å². The lowest BCUT2D eigenvalue weighted by atomic mass is 9.93. The van der Waals surface area contributed by atoms with Crippen LogP contribution in [0, 0.1) is 0 Å². The fourth-order valence-electron chi connectivity index (χ4n) is 4.06. The van der Waals surface area contributed by atoms with Gasteiger partial charge >= 0.3 is 0 Å². The third-order valence-electron chi connectivity index (χ3n) is 5.59. The number of phenols is 1. The van der Waals surface area contributed by atoms with Crippen LogP contribution in [-0.4, -0.2) is 30.2 Å². The van der Waals surface area contributed by atoms with Gasteiger partial charge in [0, 0.05) is 11.6 Å². The monoisotopic (exact) mass is 409 g/mol. The topological polar surface area (TPSA) is 108 Å². The lowest BCUT2D eigenvalue weighted by Crippen LogP contribution is -2.25. The molecule has 1 fully saturated rings. The molecule has 3 N–H and O–H groups in total. The molecular weight excluding hydrogens is 390 g/mol. The fourth-order valence-corrected chi connectivity index (χ4v) is 5.31. The third kappa shape index (κ3) is 2.95. The zero-order valence-corrected chi connectivity index (χ0v) is 16.3. The zero-order chi connectivity index (χ0) is 20.1. The number of aliphatic hydroxyl groups excluding tert-OH is 1. The van der Waals surface area contributed by atoms with Crippen molar-refractivity contribution in [3.05, 3.63) is 57.1 Å². The minimum Gasteiger partial charge on any atom is -0.506 e. The third-order valence-corrected chi connectivity index (χ3v) is 6.87. The molecule has 0 atom stereocenters. The highest BCUT2D eigenvalue weighted by molar-refractivity contribution is 7.14. The van der Waals surface area contributed by atoms with Crippen LogP contribution in [0.1, 0.15) is 31.7 Å². The first-order valence-corrected chi connectivity index (χ1v) is 10.4.